The van der Waals surface area contributed by atoms with E-state index in [1.165, 1.54) is 0 Å². The molecule has 0 spiro atoms. The third-order valence-corrected chi connectivity index (χ3v) is 4.23. The van der Waals surface area contributed by atoms with Gasteiger partial charge in [-0.2, -0.15) is 0 Å². The number of pyridine rings is 1. The monoisotopic (exact) mass is 401 g/mol. The first-order chi connectivity index (χ1) is 14.1. The van der Waals surface area contributed by atoms with E-state index in [0.29, 0.717) is 24.5 Å². The molecule has 1 amide bonds. The molecule has 1 aromatic heterocycles. The number of hydrogen-bond acceptors (Lipinski definition) is 5. The van der Waals surface area contributed by atoms with Gasteiger partial charge >= 0.3 is 0 Å². The molecule has 3 N–H and O–H groups in total. The molecule has 1 heterocycles. The number of halogens is 1. The molecule has 0 aliphatic carbocycles. The molecule has 0 fully saturated rings. The maximum atomic E-state index is 14.6. The first-order valence-corrected chi connectivity index (χ1v) is 9.64. The summed E-state index contributed by atoms with van der Waals surface area (Å²) in [5.74, 6) is -0.661. The van der Waals surface area contributed by atoms with Gasteiger partial charge in [-0.3, -0.25) is 4.79 Å². The second kappa shape index (κ2) is 11.8. The molecule has 0 unspecified atom stereocenters. The first-order valence-electron chi connectivity index (χ1n) is 9.64. The van der Waals surface area contributed by atoms with Crippen molar-refractivity contribution < 1.29 is 18.7 Å². The van der Waals surface area contributed by atoms with Crippen molar-refractivity contribution in [3.8, 4) is 5.75 Å². The van der Waals surface area contributed by atoms with Crippen LogP contribution in [0.2, 0.25) is 0 Å². The maximum Gasteiger partial charge on any atom is 0.255 e. The molecular formula is C22H28FN3O3. The number of benzene rings is 1. The highest BCUT2D eigenvalue weighted by Crippen LogP contribution is 2.21. The standard InChI is InChI=1S/C22H28FN3O3/c1-3-4-5-6-7-13-29-19-10-8-9-16(20(19)23)14-25-22(27)18-12-11-17(15-28-2)26-21(18)24/h6-12H,3-5,13-15H2,1-2H3,(H2,24,26)(H,25,27)/b7-6+. The average Bonchev–Trinajstić information content (AvgIpc) is 2.71. The van der Waals surface area contributed by atoms with E-state index >= 15 is 0 Å². The predicted molar refractivity (Wildman–Crippen MR) is 111 cm³/mol. The molecule has 6 nitrogen and oxygen atoms in total. The summed E-state index contributed by atoms with van der Waals surface area (Å²) in [5.41, 5.74) is 7.03. The summed E-state index contributed by atoms with van der Waals surface area (Å²) >= 11 is 0. The zero-order valence-corrected chi connectivity index (χ0v) is 16.9. The highest BCUT2D eigenvalue weighted by atomic mass is 19.1. The van der Waals surface area contributed by atoms with Gasteiger partial charge in [0.05, 0.1) is 17.9 Å². The van der Waals surface area contributed by atoms with Gasteiger partial charge in [0.2, 0.25) is 0 Å². The number of ether oxygens (including phenoxy) is 2. The quantitative estimate of drug-likeness (QED) is 0.439. The van der Waals surface area contributed by atoms with Crippen molar-refractivity contribution in [2.75, 3.05) is 19.5 Å². The largest absolute Gasteiger partial charge is 0.486 e. The van der Waals surface area contributed by atoms with E-state index in [1.807, 2.05) is 12.2 Å². The molecule has 0 aliphatic rings. The highest BCUT2D eigenvalue weighted by molar-refractivity contribution is 5.98. The third kappa shape index (κ3) is 6.87. The van der Waals surface area contributed by atoms with Crippen LogP contribution < -0.4 is 15.8 Å². The minimum absolute atomic E-state index is 0.00741. The lowest BCUT2D eigenvalue weighted by Gasteiger charge is -2.11. The van der Waals surface area contributed by atoms with Gasteiger partial charge in [-0.1, -0.05) is 44.1 Å². The zero-order valence-electron chi connectivity index (χ0n) is 16.9. The van der Waals surface area contributed by atoms with Crippen molar-refractivity contribution in [1.29, 1.82) is 0 Å². The Morgan fingerprint density at radius 1 is 1.28 bits per heavy atom. The van der Waals surface area contributed by atoms with E-state index in [-0.39, 0.29) is 23.7 Å². The van der Waals surface area contributed by atoms with Gasteiger partial charge in [-0.25, -0.2) is 9.37 Å². The molecule has 0 saturated carbocycles. The highest BCUT2D eigenvalue weighted by Gasteiger charge is 2.14. The van der Waals surface area contributed by atoms with Gasteiger partial charge in [-0.15, -0.1) is 0 Å². The Labute approximate surface area is 170 Å². The normalized spacial score (nSPS) is 11.0. The first kappa shape index (κ1) is 22.4. The van der Waals surface area contributed by atoms with Crippen molar-refractivity contribution in [2.45, 2.75) is 39.3 Å². The summed E-state index contributed by atoms with van der Waals surface area (Å²) in [6.45, 7) is 2.74. The van der Waals surface area contributed by atoms with Gasteiger partial charge in [0.25, 0.3) is 5.91 Å². The number of allylic oxidation sites excluding steroid dienone is 1. The molecule has 0 bridgehead atoms. The Balaban J connectivity index is 1.95. The molecule has 7 heteroatoms. The van der Waals surface area contributed by atoms with Crippen molar-refractivity contribution in [1.82, 2.24) is 10.3 Å². The fourth-order valence-corrected chi connectivity index (χ4v) is 2.66. The molecule has 156 valence electrons. The summed E-state index contributed by atoms with van der Waals surface area (Å²) < 4.78 is 25.1. The van der Waals surface area contributed by atoms with Crippen LogP contribution in [0, 0.1) is 5.82 Å². The van der Waals surface area contributed by atoms with Crippen LogP contribution in [0.4, 0.5) is 10.2 Å². The number of aromatic nitrogens is 1. The van der Waals surface area contributed by atoms with Gasteiger partial charge < -0.3 is 20.5 Å². The van der Waals surface area contributed by atoms with Crippen LogP contribution in [0.1, 0.15) is 47.8 Å². The van der Waals surface area contributed by atoms with Crippen LogP contribution in [0.25, 0.3) is 0 Å². The number of rotatable bonds is 11. The number of amides is 1. The number of anilines is 1. The van der Waals surface area contributed by atoms with E-state index in [9.17, 15) is 9.18 Å². The van der Waals surface area contributed by atoms with Crippen molar-refractivity contribution in [3.63, 3.8) is 0 Å². The SMILES string of the molecule is CCCC/C=C/COc1cccc(CNC(=O)c2ccc(COC)nc2N)c1F. The maximum absolute atomic E-state index is 14.6. The zero-order chi connectivity index (χ0) is 21.1. The Bertz CT molecular complexity index is 840. The molecule has 1 aromatic carbocycles. The number of carbonyl (C=O) groups excluding carboxylic acids is 1. The smallest absolute Gasteiger partial charge is 0.255 e. The lowest BCUT2D eigenvalue weighted by molar-refractivity contribution is 0.0951. The summed E-state index contributed by atoms with van der Waals surface area (Å²) in [6.07, 6.45) is 7.15. The fraction of sp³-hybridized carbons (Fsp3) is 0.364. The minimum Gasteiger partial charge on any atom is -0.486 e. The number of unbranched alkanes of at least 4 members (excludes halogenated alkanes) is 2. The van der Waals surface area contributed by atoms with Crippen LogP contribution in [-0.2, 0) is 17.9 Å². The Hall–Kier alpha value is -2.93. The van der Waals surface area contributed by atoms with Crippen molar-refractivity contribution in [3.05, 3.63) is 65.1 Å². The van der Waals surface area contributed by atoms with E-state index in [1.54, 1.807) is 37.4 Å². The van der Waals surface area contributed by atoms with Gasteiger partial charge in [0.1, 0.15) is 12.4 Å². The van der Waals surface area contributed by atoms with E-state index in [4.69, 9.17) is 15.2 Å². The molecule has 2 rings (SSSR count). The van der Waals surface area contributed by atoms with E-state index < -0.39 is 11.7 Å². The number of nitrogens with two attached hydrogens (primary N) is 1. The molecule has 0 atom stereocenters. The third-order valence-electron chi connectivity index (χ3n) is 4.23. The average molecular weight is 401 g/mol. The number of nitrogen functional groups attached to an aromatic ring is 1. The van der Waals surface area contributed by atoms with Gasteiger partial charge in [0.15, 0.2) is 11.6 Å². The minimum atomic E-state index is -0.490. The molecule has 0 radical (unpaired) electrons. The Kier molecular flexibility index (Phi) is 9.11. The number of hydrogen-bond donors (Lipinski definition) is 2. The number of nitrogens with one attached hydrogen (secondary N) is 1. The number of carbonyl (C=O) groups is 1. The van der Waals surface area contributed by atoms with E-state index in [2.05, 4.69) is 17.2 Å². The van der Waals surface area contributed by atoms with Crippen LogP contribution in [-0.4, -0.2) is 24.6 Å². The Morgan fingerprint density at radius 2 is 2.10 bits per heavy atom. The Morgan fingerprint density at radius 3 is 2.83 bits per heavy atom. The molecule has 0 saturated heterocycles. The lowest BCUT2D eigenvalue weighted by Crippen LogP contribution is -2.25. The lowest BCUT2D eigenvalue weighted by atomic mass is 10.1. The predicted octanol–water partition coefficient (Wildman–Crippen LogP) is 4.00. The van der Waals surface area contributed by atoms with Crippen molar-refractivity contribution >= 4 is 11.7 Å². The van der Waals surface area contributed by atoms with Crippen LogP contribution >= 0.6 is 0 Å². The van der Waals surface area contributed by atoms with Crippen LogP contribution in [0.15, 0.2) is 42.5 Å². The molecule has 0 aliphatic heterocycles. The fourth-order valence-electron chi connectivity index (χ4n) is 2.66. The van der Waals surface area contributed by atoms with E-state index in [0.717, 1.165) is 19.3 Å². The van der Waals surface area contributed by atoms with Crippen molar-refractivity contribution in [2.24, 2.45) is 0 Å². The summed E-state index contributed by atoms with van der Waals surface area (Å²) in [6, 6.07) is 8.10. The summed E-state index contributed by atoms with van der Waals surface area (Å²) in [4.78, 5) is 16.5. The van der Waals surface area contributed by atoms with Gasteiger partial charge in [-0.05, 0) is 24.6 Å². The molecule has 2 aromatic rings. The topological polar surface area (TPSA) is 86.5 Å². The molecule has 29 heavy (non-hydrogen) atoms. The second-order valence-electron chi connectivity index (χ2n) is 6.50. The van der Waals surface area contributed by atoms with Crippen LogP contribution in [0.5, 0.6) is 5.75 Å². The summed E-state index contributed by atoms with van der Waals surface area (Å²) in [7, 11) is 1.55. The molecular weight excluding hydrogens is 373 g/mol. The number of methoxy groups -OCH3 is 1. The van der Waals surface area contributed by atoms with Crippen LogP contribution in [0.3, 0.4) is 0 Å². The van der Waals surface area contributed by atoms with Gasteiger partial charge in [0, 0.05) is 19.2 Å². The number of nitrogens with zero attached hydrogens (tertiary/aromatic N) is 1. The second-order valence-corrected chi connectivity index (χ2v) is 6.50. The summed E-state index contributed by atoms with van der Waals surface area (Å²) in [5, 5.41) is 2.67.